The molecular weight excluding hydrogens is 322 g/mol. The Morgan fingerprint density at radius 3 is 2.64 bits per heavy atom. The topological polar surface area (TPSA) is 64.0 Å². The number of aryl methyl sites for hydroxylation is 4. The van der Waals surface area contributed by atoms with Crippen LogP contribution >= 0.6 is 11.6 Å². The third kappa shape index (κ3) is 3.88. The van der Waals surface area contributed by atoms with Crippen LogP contribution < -0.4 is 4.72 Å². The van der Waals surface area contributed by atoms with E-state index in [1.807, 2.05) is 0 Å². The lowest BCUT2D eigenvalue weighted by Gasteiger charge is -2.08. The molecule has 0 aliphatic carbocycles. The first-order chi connectivity index (χ1) is 10.3. The summed E-state index contributed by atoms with van der Waals surface area (Å²) in [6.45, 7) is 4.48. The average molecular weight is 342 g/mol. The zero-order valence-electron chi connectivity index (χ0n) is 12.9. The lowest BCUT2D eigenvalue weighted by molar-refractivity contribution is 0.575. The molecule has 120 valence electrons. The molecule has 1 aromatic carbocycles. The second kappa shape index (κ2) is 6.81. The molecule has 0 fully saturated rings. The Kier molecular flexibility index (Phi) is 5.26. The van der Waals surface area contributed by atoms with Crippen LogP contribution in [0.1, 0.15) is 23.1 Å². The second-order valence-electron chi connectivity index (χ2n) is 5.38. The summed E-state index contributed by atoms with van der Waals surface area (Å²) in [6.07, 6.45) is 2.92. The summed E-state index contributed by atoms with van der Waals surface area (Å²) in [5, 5.41) is -0.00920. The Balaban J connectivity index is 1.92. The Morgan fingerprint density at radius 2 is 2.05 bits per heavy atom. The van der Waals surface area contributed by atoms with Gasteiger partial charge in [-0.2, -0.15) is 0 Å². The van der Waals surface area contributed by atoms with Crippen LogP contribution in [0.5, 0.6) is 0 Å². The van der Waals surface area contributed by atoms with Crippen LogP contribution in [-0.2, 0) is 23.5 Å². The quantitative estimate of drug-likeness (QED) is 0.821. The highest BCUT2D eigenvalue weighted by Crippen LogP contribution is 2.18. The van der Waals surface area contributed by atoms with Gasteiger partial charge >= 0.3 is 0 Å². The molecule has 2 aromatic rings. The van der Waals surface area contributed by atoms with Gasteiger partial charge in [-0.1, -0.05) is 35.4 Å². The summed E-state index contributed by atoms with van der Waals surface area (Å²) >= 11 is 5.92. The zero-order valence-corrected chi connectivity index (χ0v) is 14.5. The van der Waals surface area contributed by atoms with Crippen LogP contribution in [-0.4, -0.2) is 24.5 Å². The van der Waals surface area contributed by atoms with E-state index >= 15 is 0 Å². The minimum Gasteiger partial charge on any atom is -0.324 e. The number of hydrogen-bond acceptors (Lipinski definition) is 3. The van der Waals surface area contributed by atoms with Crippen molar-refractivity contribution in [3.8, 4) is 0 Å². The van der Waals surface area contributed by atoms with Gasteiger partial charge in [-0.25, -0.2) is 18.1 Å². The van der Waals surface area contributed by atoms with Crippen LogP contribution in [0.4, 0.5) is 0 Å². The largest absolute Gasteiger partial charge is 0.324 e. The molecule has 0 aliphatic rings. The normalized spacial score (nSPS) is 11.8. The van der Waals surface area contributed by atoms with E-state index in [1.54, 1.807) is 7.05 Å². The van der Waals surface area contributed by atoms with Crippen LogP contribution in [0.2, 0.25) is 5.15 Å². The lowest BCUT2D eigenvalue weighted by Crippen LogP contribution is -2.25. The lowest BCUT2D eigenvalue weighted by atomic mass is 10.0. The minimum absolute atomic E-state index is 0.113. The Labute approximate surface area is 136 Å². The summed E-state index contributed by atoms with van der Waals surface area (Å²) in [4.78, 5) is 3.83. The van der Waals surface area contributed by atoms with Crippen molar-refractivity contribution in [1.29, 1.82) is 0 Å². The monoisotopic (exact) mass is 341 g/mol. The van der Waals surface area contributed by atoms with E-state index in [0.717, 1.165) is 6.42 Å². The minimum atomic E-state index is -3.66. The molecule has 5 nitrogen and oxygen atoms in total. The molecule has 0 spiro atoms. The fourth-order valence-electron chi connectivity index (χ4n) is 2.25. The van der Waals surface area contributed by atoms with Crippen molar-refractivity contribution < 1.29 is 8.42 Å². The van der Waals surface area contributed by atoms with Crippen molar-refractivity contribution in [2.24, 2.45) is 7.05 Å². The first-order valence-electron chi connectivity index (χ1n) is 7.04. The molecule has 1 heterocycles. The molecule has 2 rings (SSSR count). The smallest absolute Gasteiger partial charge is 0.261 e. The van der Waals surface area contributed by atoms with E-state index in [1.165, 1.54) is 27.6 Å². The predicted molar refractivity (Wildman–Crippen MR) is 87.6 cm³/mol. The van der Waals surface area contributed by atoms with Gasteiger partial charge in [-0.15, -0.1) is 0 Å². The number of imidazole rings is 1. The molecule has 0 radical (unpaired) electrons. The van der Waals surface area contributed by atoms with Crippen LogP contribution in [0, 0.1) is 13.8 Å². The Bertz CT molecular complexity index is 769. The summed E-state index contributed by atoms with van der Waals surface area (Å²) in [5.41, 5.74) is 3.70. The van der Waals surface area contributed by atoms with Gasteiger partial charge < -0.3 is 4.57 Å². The molecule has 0 aliphatic heterocycles. The van der Waals surface area contributed by atoms with Gasteiger partial charge in [0, 0.05) is 13.6 Å². The van der Waals surface area contributed by atoms with Crippen LogP contribution in [0.3, 0.4) is 0 Å². The standard InChI is InChI=1S/C15H20ClN3O2S/c1-11-6-7-13(12(2)9-11)5-4-8-18-22(20,21)15-14(16)19(3)10-17-15/h6-7,9-10,18H,4-5,8H2,1-3H3. The number of hydrogen-bond donors (Lipinski definition) is 1. The van der Waals surface area contributed by atoms with E-state index < -0.39 is 10.0 Å². The number of aromatic nitrogens is 2. The van der Waals surface area contributed by atoms with Crippen molar-refractivity contribution in [2.45, 2.75) is 31.7 Å². The SMILES string of the molecule is Cc1ccc(CCCNS(=O)(=O)c2ncn(C)c2Cl)c(C)c1. The maximum Gasteiger partial charge on any atom is 0.261 e. The molecule has 7 heteroatoms. The summed E-state index contributed by atoms with van der Waals surface area (Å²) in [5.74, 6) is 0. The molecule has 0 saturated carbocycles. The first-order valence-corrected chi connectivity index (χ1v) is 8.90. The van der Waals surface area contributed by atoms with Gasteiger partial charge in [0.15, 0.2) is 0 Å². The average Bonchev–Trinajstić information content (AvgIpc) is 2.77. The highest BCUT2D eigenvalue weighted by molar-refractivity contribution is 7.89. The molecule has 0 amide bonds. The third-order valence-corrected chi connectivity index (χ3v) is 5.45. The summed E-state index contributed by atoms with van der Waals surface area (Å²) < 4.78 is 28.2. The summed E-state index contributed by atoms with van der Waals surface area (Å²) in [7, 11) is -2.01. The van der Waals surface area contributed by atoms with Crippen molar-refractivity contribution in [3.63, 3.8) is 0 Å². The number of nitrogens with zero attached hydrogens (tertiary/aromatic N) is 2. The van der Waals surface area contributed by atoms with Crippen LogP contribution in [0.15, 0.2) is 29.6 Å². The fourth-order valence-corrected chi connectivity index (χ4v) is 3.75. The van der Waals surface area contributed by atoms with E-state index in [-0.39, 0.29) is 10.2 Å². The van der Waals surface area contributed by atoms with Crippen molar-refractivity contribution in [3.05, 3.63) is 46.4 Å². The van der Waals surface area contributed by atoms with E-state index in [2.05, 4.69) is 41.8 Å². The van der Waals surface area contributed by atoms with Crippen molar-refractivity contribution >= 4 is 21.6 Å². The molecular formula is C15H20ClN3O2S. The molecule has 1 aromatic heterocycles. The van der Waals surface area contributed by atoms with E-state index in [0.29, 0.717) is 13.0 Å². The molecule has 0 bridgehead atoms. The number of sulfonamides is 1. The van der Waals surface area contributed by atoms with Gasteiger partial charge in [0.1, 0.15) is 5.15 Å². The third-order valence-electron chi connectivity index (χ3n) is 3.50. The maximum atomic E-state index is 12.1. The first kappa shape index (κ1) is 17.0. The van der Waals surface area contributed by atoms with Crippen LogP contribution in [0.25, 0.3) is 0 Å². The second-order valence-corrected chi connectivity index (χ2v) is 7.42. The number of nitrogens with one attached hydrogen (secondary N) is 1. The highest BCUT2D eigenvalue weighted by atomic mass is 35.5. The predicted octanol–water partition coefficient (Wildman–Crippen LogP) is 2.60. The Morgan fingerprint density at radius 1 is 1.32 bits per heavy atom. The van der Waals surface area contributed by atoms with Gasteiger partial charge in [-0.3, -0.25) is 0 Å². The number of benzene rings is 1. The number of halogens is 1. The highest BCUT2D eigenvalue weighted by Gasteiger charge is 2.21. The van der Waals surface area contributed by atoms with Gasteiger partial charge in [0.25, 0.3) is 10.0 Å². The number of rotatable bonds is 6. The Hall–Kier alpha value is -1.37. The van der Waals surface area contributed by atoms with Gasteiger partial charge in [0.05, 0.1) is 6.33 Å². The zero-order chi connectivity index (χ0) is 16.3. The van der Waals surface area contributed by atoms with E-state index in [4.69, 9.17) is 11.6 Å². The molecule has 0 atom stereocenters. The van der Waals surface area contributed by atoms with Crippen molar-refractivity contribution in [1.82, 2.24) is 14.3 Å². The van der Waals surface area contributed by atoms with E-state index in [9.17, 15) is 8.42 Å². The molecule has 0 unspecified atom stereocenters. The molecule has 22 heavy (non-hydrogen) atoms. The van der Waals surface area contributed by atoms with Gasteiger partial charge in [0.2, 0.25) is 5.03 Å². The molecule has 1 N–H and O–H groups in total. The fraction of sp³-hybridized carbons (Fsp3) is 0.400. The maximum absolute atomic E-state index is 12.1. The molecule has 0 saturated heterocycles. The summed E-state index contributed by atoms with van der Waals surface area (Å²) in [6, 6.07) is 6.29. The van der Waals surface area contributed by atoms with Crippen molar-refractivity contribution in [2.75, 3.05) is 6.54 Å². The van der Waals surface area contributed by atoms with Gasteiger partial charge in [-0.05, 0) is 37.8 Å².